The summed E-state index contributed by atoms with van der Waals surface area (Å²) in [4.78, 5) is 23.0. The van der Waals surface area contributed by atoms with Crippen molar-refractivity contribution < 1.29 is 9.59 Å². The van der Waals surface area contributed by atoms with Crippen LogP contribution in [0.4, 0.5) is 0 Å². The van der Waals surface area contributed by atoms with Gasteiger partial charge in [0.25, 0.3) is 0 Å². The van der Waals surface area contributed by atoms with E-state index in [2.05, 4.69) is 5.32 Å². The topological polar surface area (TPSA) is 46.2 Å². The van der Waals surface area contributed by atoms with Crippen LogP contribution in [-0.2, 0) is 4.79 Å². The lowest BCUT2D eigenvalue weighted by Gasteiger charge is -2.13. The van der Waals surface area contributed by atoms with Crippen molar-refractivity contribution in [2.24, 2.45) is 0 Å². The van der Waals surface area contributed by atoms with E-state index in [1.165, 1.54) is 18.7 Å². The molecule has 92 valence electrons. The third-order valence-electron chi connectivity index (χ3n) is 2.27. The smallest absolute Gasteiger partial charge is 0.186 e. The fraction of sp³-hybridized carbons (Fsp3) is 0.385. The molecule has 0 saturated heterocycles. The quantitative estimate of drug-likeness (QED) is 0.787. The van der Waals surface area contributed by atoms with Gasteiger partial charge in [0.1, 0.15) is 0 Å². The maximum atomic E-state index is 12.0. The summed E-state index contributed by atoms with van der Waals surface area (Å²) in [6.45, 7) is 2.18. The van der Waals surface area contributed by atoms with Gasteiger partial charge in [0.15, 0.2) is 10.9 Å². The van der Waals surface area contributed by atoms with E-state index in [1.54, 1.807) is 12.1 Å². The van der Waals surface area contributed by atoms with Crippen LogP contribution in [0.15, 0.2) is 30.3 Å². The number of Topliss-reactive ketones (excluding diaryl/α,β-unsaturated/α-hetero) is 1. The van der Waals surface area contributed by atoms with Crippen molar-refractivity contribution in [3.05, 3.63) is 35.9 Å². The van der Waals surface area contributed by atoms with Crippen molar-refractivity contribution in [1.82, 2.24) is 5.32 Å². The molecule has 17 heavy (non-hydrogen) atoms. The first-order valence-electron chi connectivity index (χ1n) is 5.53. The number of carbonyl (C=O) groups excluding carboxylic acids is 2. The zero-order valence-electron chi connectivity index (χ0n) is 10.1. The van der Waals surface area contributed by atoms with Crippen molar-refractivity contribution in [3.8, 4) is 0 Å². The minimum absolute atomic E-state index is 0.00482. The Labute approximate surface area is 106 Å². The van der Waals surface area contributed by atoms with Crippen LogP contribution < -0.4 is 5.32 Å². The first-order valence-corrected chi connectivity index (χ1v) is 6.41. The third kappa shape index (κ3) is 5.15. The number of thioether (sulfide) groups is 1. The van der Waals surface area contributed by atoms with Gasteiger partial charge in [0.05, 0.1) is 0 Å². The Morgan fingerprint density at radius 2 is 1.94 bits per heavy atom. The molecule has 0 saturated carbocycles. The van der Waals surface area contributed by atoms with Crippen molar-refractivity contribution in [1.29, 1.82) is 0 Å². The minimum atomic E-state index is 0.00482. The van der Waals surface area contributed by atoms with E-state index >= 15 is 0 Å². The SMILES string of the molecule is CNCC(CC(=O)c1ccccc1)SC(C)=O. The van der Waals surface area contributed by atoms with E-state index in [0.717, 1.165) is 0 Å². The molecule has 1 rings (SSSR count). The summed E-state index contributed by atoms with van der Waals surface area (Å²) < 4.78 is 0. The van der Waals surface area contributed by atoms with Crippen molar-refractivity contribution in [3.63, 3.8) is 0 Å². The van der Waals surface area contributed by atoms with E-state index in [-0.39, 0.29) is 16.1 Å². The van der Waals surface area contributed by atoms with E-state index in [9.17, 15) is 9.59 Å². The van der Waals surface area contributed by atoms with Crippen LogP contribution >= 0.6 is 11.8 Å². The molecule has 0 amide bonds. The molecule has 4 heteroatoms. The molecule has 1 aromatic rings. The lowest BCUT2D eigenvalue weighted by molar-refractivity contribution is -0.109. The molecule has 0 aliphatic rings. The standard InChI is InChI=1S/C13H17NO2S/c1-10(15)17-12(9-14-2)8-13(16)11-6-4-3-5-7-11/h3-7,12,14H,8-9H2,1-2H3. The number of carbonyl (C=O) groups is 2. The Hall–Kier alpha value is -1.13. The molecule has 0 bridgehead atoms. The molecule has 0 fully saturated rings. The Bertz CT molecular complexity index is 378. The zero-order valence-corrected chi connectivity index (χ0v) is 10.9. The van der Waals surface area contributed by atoms with Gasteiger partial charge in [-0.3, -0.25) is 9.59 Å². The van der Waals surface area contributed by atoms with Gasteiger partial charge in [0, 0.05) is 30.7 Å². The number of hydrogen-bond acceptors (Lipinski definition) is 4. The lowest BCUT2D eigenvalue weighted by atomic mass is 10.1. The second-order valence-electron chi connectivity index (χ2n) is 3.78. The molecule has 0 spiro atoms. The second-order valence-corrected chi connectivity index (χ2v) is 5.26. The van der Waals surface area contributed by atoms with Gasteiger partial charge in [-0.25, -0.2) is 0 Å². The summed E-state index contributed by atoms with van der Waals surface area (Å²) in [5.74, 6) is 0.0830. The molecule has 0 aromatic heterocycles. The maximum absolute atomic E-state index is 12.0. The number of benzene rings is 1. The highest BCUT2D eigenvalue weighted by molar-refractivity contribution is 8.14. The van der Waals surface area contributed by atoms with Crippen molar-refractivity contribution in [2.75, 3.05) is 13.6 Å². The van der Waals surface area contributed by atoms with Crippen molar-refractivity contribution >= 4 is 22.7 Å². The van der Waals surface area contributed by atoms with Gasteiger partial charge in [-0.2, -0.15) is 0 Å². The molecule has 1 atom stereocenters. The Balaban J connectivity index is 2.60. The average molecular weight is 251 g/mol. The lowest BCUT2D eigenvalue weighted by Crippen LogP contribution is -2.24. The van der Waals surface area contributed by atoms with Crippen LogP contribution in [0.2, 0.25) is 0 Å². The maximum Gasteiger partial charge on any atom is 0.186 e. The normalized spacial score (nSPS) is 12.1. The first kappa shape index (κ1) is 13.9. The van der Waals surface area contributed by atoms with E-state index < -0.39 is 0 Å². The number of ketones is 1. The monoisotopic (exact) mass is 251 g/mol. The number of nitrogens with one attached hydrogen (secondary N) is 1. The predicted octanol–water partition coefficient (Wildman–Crippen LogP) is 2.13. The Morgan fingerprint density at radius 3 is 2.47 bits per heavy atom. The van der Waals surface area contributed by atoms with Crippen LogP contribution in [0.3, 0.4) is 0 Å². The fourth-order valence-electron chi connectivity index (χ4n) is 1.57. The average Bonchev–Trinajstić information content (AvgIpc) is 2.29. The van der Waals surface area contributed by atoms with E-state index in [4.69, 9.17) is 0 Å². The molecular weight excluding hydrogens is 234 g/mol. The highest BCUT2D eigenvalue weighted by Crippen LogP contribution is 2.17. The van der Waals surface area contributed by atoms with Gasteiger partial charge in [-0.15, -0.1) is 0 Å². The molecule has 3 nitrogen and oxygen atoms in total. The van der Waals surface area contributed by atoms with Crippen LogP contribution in [0, 0.1) is 0 Å². The van der Waals surface area contributed by atoms with E-state index in [1.807, 2.05) is 25.2 Å². The summed E-state index contributed by atoms with van der Waals surface area (Å²) in [5.41, 5.74) is 0.706. The van der Waals surface area contributed by atoms with Crippen LogP contribution in [0.5, 0.6) is 0 Å². The third-order valence-corrected chi connectivity index (χ3v) is 3.27. The van der Waals surface area contributed by atoms with Gasteiger partial charge >= 0.3 is 0 Å². The first-order chi connectivity index (χ1) is 8.13. The van der Waals surface area contributed by atoms with Crippen LogP contribution in [0.1, 0.15) is 23.7 Å². The summed E-state index contributed by atoms with van der Waals surface area (Å²) >= 11 is 1.22. The number of hydrogen-bond donors (Lipinski definition) is 1. The molecule has 1 N–H and O–H groups in total. The van der Waals surface area contributed by atoms with E-state index in [0.29, 0.717) is 18.5 Å². The van der Waals surface area contributed by atoms with Gasteiger partial charge < -0.3 is 5.32 Å². The molecule has 1 unspecified atom stereocenters. The molecule has 1 aromatic carbocycles. The van der Waals surface area contributed by atoms with Gasteiger partial charge in [-0.1, -0.05) is 42.1 Å². The van der Waals surface area contributed by atoms with Gasteiger partial charge in [0.2, 0.25) is 0 Å². The Kier molecular flexibility index (Phi) is 5.94. The predicted molar refractivity (Wildman–Crippen MR) is 71.4 cm³/mol. The van der Waals surface area contributed by atoms with Crippen molar-refractivity contribution in [2.45, 2.75) is 18.6 Å². The molecular formula is C13H17NO2S. The Morgan fingerprint density at radius 1 is 1.29 bits per heavy atom. The molecule has 0 aliphatic carbocycles. The minimum Gasteiger partial charge on any atom is -0.319 e. The zero-order chi connectivity index (χ0) is 12.7. The summed E-state index contributed by atoms with van der Waals surface area (Å²) in [6.07, 6.45) is 0.384. The van der Waals surface area contributed by atoms with Crippen LogP contribution in [-0.4, -0.2) is 29.7 Å². The molecule has 0 aliphatic heterocycles. The largest absolute Gasteiger partial charge is 0.319 e. The molecule has 0 radical (unpaired) electrons. The fourth-order valence-corrected chi connectivity index (χ4v) is 2.52. The number of rotatable bonds is 6. The summed E-state index contributed by atoms with van der Waals surface area (Å²) in [6, 6.07) is 9.18. The van der Waals surface area contributed by atoms with Gasteiger partial charge in [-0.05, 0) is 7.05 Å². The summed E-state index contributed by atoms with van der Waals surface area (Å²) in [7, 11) is 1.82. The van der Waals surface area contributed by atoms with Crippen LogP contribution in [0.25, 0.3) is 0 Å². The second kappa shape index (κ2) is 7.25. The summed E-state index contributed by atoms with van der Waals surface area (Å²) in [5, 5.41) is 3.06. The highest BCUT2D eigenvalue weighted by atomic mass is 32.2. The highest BCUT2D eigenvalue weighted by Gasteiger charge is 2.16. The molecule has 0 heterocycles.